The second kappa shape index (κ2) is 9.10. The van der Waals surface area contributed by atoms with Crippen LogP contribution in [0.3, 0.4) is 0 Å². The third-order valence-electron chi connectivity index (χ3n) is 5.13. The number of anilines is 1. The molecule has 1 saturated heterocycles. The maximum Gasteiger partial charge on any atom is 0.262 e. The Hall–Kier alpha value is -3.17. The van der Waals surface area contributed by atoms with Gasteiger partial charge >= 0.3 is 0 Å². The standard InChI is InChI=1S/C21H25N5O4/c1-28-16-4-3-14(13-17(16)29-2)15-5-6-22-19-18(15)20(27)25-21(24-19)23-7-8-26-9-11-30-12-10-26/h3-6,13H,7-12H2,1-2H3,(H2,22,23,24,25,27). The van der Waals surface area contributed by atoms with Crippen LogP contribution in [0.15, 0.2) is 35.3 Å². The van der Waals surface area contributed by atoms with Gasteiger partial charge in [0.2, 0.25) is 5.95 Å². The Morgan fingerprint density at radius 3 is 2.73 bits per heavy atom. The number of H-pyrrole nitrogens is 1. The van der Waals surface area contributed by atoms with Crippen molar-refractivity contribution in [2.45, 2.75) is 0 Å². The fourth-order valence-corrected chi connectivity index (χ4v) is 3.55. The molecule has 0 radical (unpaired) electrons. The van der Waals surface area contributed by atoms with Crippen LogP contribution in [0.25, 0.3) is 22.2 Å². The summed E-state index contributed by atoms with van der Waals surface area (Å²) in [6, 6.07) is 7.32. The van der Waals surface area contributed by atoms with Crippen molar-refractivity contribution >= 4 is 17.0 Å². The largest absolute Gasteiger partial charge is 0.493 e. The van der Waals surface area contributed by atoms with Crippen molar-refractivity contribution in [2.75, 3.05) is 58.9 Å². The Bertz CT molecular complexity index is 1080. The van der Waals surface area contributed by atoms with Crippen molar-refractivity contribution in [1.29, 1.82) is 0 Å². The van der Waals surface area contributed by atoms with Gasteiger partial charge in [-0.25, -0.2) is 4.98 Å². The van der Waals surface area contributed by atoms with Crippen LogP contribution in [0.5, 0.6) is 11.5 Å². The molecule has 2 N–H and O–H groups in total. The van der Waals surface area contributed by atoms with Gasteiger partial charge in [0.05, 0.1) is 32.8 Å². The van der Waals surface area contributed by atoms with E-state index in [0.29, 0.717) is 35.0 Å². The Morgan fingerprint density at radius 1 is 1.17 bits per heavy atom. The highest BCUT2D eigenvalue weighted by Gasteiger charge is 2.14. The van der Waals surface area contributed by atoms with Crippen LogP contribution in [-0.2, 0) is 4.74 Å². The van der Waals surface area contributed by atoms with E-state index in [2.05, 4.69) is 25.2 Å². The minimum atomic E-state index is -0.244. The van der Waals surface area contributed by atoms with E-state index in [4.69, 9.17) is 14.2 Å². The van der Waals surface area contributed by atoms with E-state index in [0.717, 1.165) is 44.0 Å². The zero-order valence-electron chi connectivity index (χ0n) is 17.1. The van der Waals surface area contributed by atoms with Gasteiger partial charge in [-0.15, -0.1) is 0 Å². The number of aromatic amines is 1. The highest BCUT2D eigenvalue weighted by atomic mass is 16.5. The molecular formula is C21H25N5O4. The number of methoxy groups -OCH3 is 2. The second-order valence-electron chi connectivity index (χ2n) is 6.92. The summed E-state index contributed by atoms with van der Waals surface area (Å²) in [4.78, 5) is 26.8. The SMILES string of the molecule is COc1ccc(-c2ccnc3nc(NCCN4CCOCC4)[nH]c(=O)c23)cc1OC. The number of hydrogen-bond donors (Lipinski definition) is 2. The molecule has 158 valence electrons. The molecule has 1 aliphatic heterocycles. The van der Waals surface area contributed by atoms with Crippen LogP contribution in [-0.4, -0.2) is 73.5 Å². The average molecular weight is 411 g/mol. The van der Waals surface area contributed by atoms with Gasteiger partial charge < -0.3 is 19.5 Å². The van der Waals surface area contributed by atoms with Gasteiger partial charge in [-0.1, -0.05) is 6.07 Å². The van der Waals surface area contributed by atoms with E-state index >= 15 is 0 Å². The first-order valence-corrected chi connectivity index (χ1v) is 9.85. The van der Waals surface area contributed by atoms with Gasteiger partial charge in [-0.3, -0.25) is 14.7 Å². The number of hydrogen-bond acceptors (Lipinski definition) is 8. The quantitative estimate of drug-likeness (QED) is 0.606. The van der Waals surface area contributed by atoms with Gasteiger partial charge in [0.15, 0.2) is 17.1 Å². The molecule has 9 heteroatoms. The van der Waals surface area contributed by atoms with E-state index in [-0.39, 0.29) is 5.56 Å². The first kappa shape index (κ1) is 20.1. The Morgan fingerprint density at radius 2 is 1.97 bits per heavy atom. The highest BCUT2D eigenvalue weighted by Crippen LogP contribution is 2.33. The minimum absolute atomic E-state index is 0.244. The third-order valence-corrected chi connectivity index (χ3v) is 5.13. The molecule has 0 saturated carbocycles. The molecule has 2 aromatic heterocycles. The van der Waals surface area contributed by atoms with E-state index in [9.17, 15) is 4.79 Å². The summed E-state index contributed by atoms with van der Waals surface area (Å²) in [5, 5.41) is 3.63. The van der Waals surface area contributed by atoms with Crippen LogP contribution >= 0.6 is 0 Å². The highest BCUT2D eigenvalue weighted by molar-refractivity contribution is 5.92. The molecule has 0 atom stereocenters. The number of fused-ring (bicyclic) bond motifs is 1. The molecule has 1 fully saturated rings. The smallest absolute Gasteiger partial charge is 0.262 e. The molecular weight excluding hydrogens is 386 g/mol. The van der Waals surface area contributed by atoms with Crippen molar-refractivity contribution in [3.63, 3.8) is 0 Å². The van der Waals surface area contributed by atoms with Crippen LogP contribution < -0.4 is 20.3 Å². The lowest BCUT2D eigenvalue weighted by molar-refractivity contribution is 0.0398. The number of benzene rings is 1. The molecule has 9 nitrogen and oxygen atoms in total. The van der Waals surface area contributed by atoms with Crippen LogP contribution in [0.2, 0.25) is 0 Å². The van der Waals surface area contributed by atoms with Gasteiger partial charge in [-0.2, -0.15) is 4.98 Å². The minimum Gasteiger partial charge on any atom is -0.493 e. The molecule has 4 rings (SSSR count). The van der Waals surface area contributed by atoms with Crippen molar-refractivity contribution < 1.29 is 14.2 Å². The predicted octanol–water partition coefficient (Wildman–Crippen LogP) is 1.75. The maximum absolute atomic E-state index is 12.9. The topological polar surface area (TPSA) is 102 Å². The summed E-state index contributed by atoms with van der Waals surface area (Å²) in [7, 11) is 3.16. The lowest BCUT2D eigenvalue weighted by Crippen LogP contribution is -2.39. The molecule has 0 spiro atoms. The maximum atomic E-state index is 12.9. The lowest BCUT2D eigenvalue weighted by atomic mass is 10.0. The summed E-state index contributed by atoms with van der Waals surface area (Å²) in [5.41, 5.74) is 1.70. The van der Waals surface area contributed by atoms with Crippen molar-refractivity contribution in [2.24, 2.45) is 0 Å². The molecule has 30 heavy (non-hydrogen) atoms. The molecule has 0 bridgehead atoms. The Balaban J connectivity index is 1.60. The molecule has 1 aromatic carbocycles. The van der Waals surface area contributed by atoms with Crippen molar-refractivity contribution in [1.82, 2.24) is 19.9 Å². The average Bonchev–Trinajstić information content (AvgIpc) is 2.79. The third kappa shape index (κ3) is 4.22. The van der Waals surface area contributed by atoms with Gasteiger partial charge in [0.1, 0.15) is 0 Å². The number of pyridine rings is 1. The fraction of sp³-hybridized carbons (Fsp3) is 0.381. The second-order valence-corrected chi connectivity index (χ2v) is 6.92. The van der Waals surface area contributed by atoms with Crippen molar-refractivity contribution in [3.05, 3.63) is 40.8 Å². The predicted molar refractivity (Wildman–Crippen MR) is 114 cm³/mol. The van der Waals surface area contributed by atoms with Crippen LogP contribution in [0, 0.1) is 0 Å². The summed E-state index contributed by atoms with van der Waals surface area (Å²) < 4.78 is 16.0. The van der Waals surface area contributed by atoms with E-state index in [1.807, 2.05) is 18.2 Å². The number of aromatic nitrogens is 3. The van der Waals surface area contributed by atoms with Crippen molar-refractivity contribution in [3.8, 4) is 22.6 Å². The number of ether oxygens (including phenoxy) is 3. The summed E-state index contributed by atoms with van der Waals surface area (Å²) in [6.45, 7) is 4.87. The van der Waals surface area contributed by atoms with E-state index < -0.39 is 0 Å². The fourth-order valence-electron chi connectivity index (χ4n) is 3.55. The normalized spacial score (nSPS) is 14.6. The number of nitrogens with one attached hydrogen (secondary N) is 2. The van der Waals surface area contributed by atoms with Gasteiger partial charge in [0, 0.05) is 32.4 Å². The van der Waals surface area contributed by atoms with Crippen LogP contribution in [0.4, 0.5) is 5.95 Å². The number of rotatable bonds is 7. The Kier molecular flexibility index (Phi) is 6.10. The molecule has 1 aliphatic rings. The summed E-state index contributed by atoms with van der Waals surface area (Å²) >= 11 is 0. The number of nitrogens with zero attached hydrogens (tertiary/aromatic N) is 3. The summed E-state index contributed by atoms with van der Waals surface area (Å²) in [5.74, 6) is 1.63. The van der Waals surface area contributed by atoms with Gasteiger partial charge in [-0.05, 0) is 29.3 Å². The zero-order chi connectivity index (χ0) is 20.9. The van der Waals surface area contributed by atoms with Crippen LogP contribution in [0.1, 0.15) is 0 Å². The first-order chi connectivity index (χ1) is 14.7. The molecule has 3 heterocycles. The Labute approximate surface area is 174 Å². The molecule has 3 aromatic rings. The monoisotopic (exact) mass is 411 g/mol. The molecule has 0 aliphatic carbocycles. The van der Waals surface area contributed by atoms with E-state index in [1.54, 1.807) is 26.5 Å². The molecule has 0 amide bonds. The molecule has 0 unspecified atom stereocenters. The first-order valence-electron chi connectivity index (χ1n) is 9.85. The summed E-state index contributed by atoms with van der Waals surface area (Å²) in [6.07, 6.45) is 1.65. The zero-order valence-corrected chi connectivity index (χ0v) is 17.1. The van der Waals surface area contributed by atoms with Gasteiger partial charge in [0.25, 0.3) is 5.56 Å². The van der Waals surface area contributed by atoms with E-state index in [1.165, 1.54) is 0 Å². The lowest BCUT2D eigenvalue weighted by Gasteiger charge is -2.26. The number of morpholine rings is 1.